The molecule has 26 heavy (non-hydrogen) atoms. The SMILES string of the molecule is CCN(CC)CCCNC(=O)C1CCN(c2nc3ccccc3o2)CC1. The van der Waals surface area contributed by atoms with Gasteiger partial charge in [-0.05, 0) is 51.0 Å². The lowest BCUT2D eigenvalue weighted by Gasteiger charge is -2.30. The molecule has 1 N–H and O–H groups in total. The van der Waals surface area contributed by atoms with E-state index in [1.54, 1.807) is 0 Å². The van der Waals surface area contributed by atoms with E-state index in [1.807, 2.05) is 24.3 Å². The van der Waals surface area contributed by atoms with Gasteiger partial charge in [-0.2, -0.15) is 4.98 Å². The molecule has 1 amide bonds. The smallest absolute Gasteiger partial charge is 0.298 e. The van der Waals surface area contributed by atoms with Crippen molar-refractivity contribution in [3.8, 4) is 0 Å². The zero-order valence-electron chi connectivity index (χ0n) is 15.9. The fourth-order valence-corrected chi connectivity index (χ4v) is 3.53. The van der Waals surface area contributed by atoms with Gasteiger partial charge >= 0.3 is 0 Å². The fourth-order valence-electron chi connectivity index (χ4n) is 3.53. The maximum absolute atomic E-state index is 12.4. The maximum Gasteiger partial charge on any atom is 0.298 e. The molecular formula is C20H30N4O2. The van der Waals surface area contributed by atoms with Gasteiger partial charge < -0.3 is 19.5 Å². The molecule has 1 aromatic carbocycles. The van der Waals surface area contributed by atoms with Crippen molar-refractivity contribution < 1.29 is 9.21 Å². The Morgan fingerprint density at radius 2 is 2.00 bits per heavy atom. The normalized spacial score (nSPS) is 15.7. The van der Waals surface area contributed by atoms with Crippen LogP contribution in [0.2, 0.25) is 0 Å². The quantitative estimate of drug-likeness (QED) is 0.735. The van der Waals surface area contributed by atoms with Gasteiger partial charge in [0.15, 0.2) is 5.58 Å². The Kier molecular flexibility index (Phi) is 6.50. The van der Waals surface area contributed by atoms with E-state index in [4.69, 9.17) is 4.42 Å². The Labute approximate surface area is 155 Å². The Morgan fingerprint density at radius 3 is 2.69 bits per heavy atom. The second-order valence-corrected chi connectivity index (χ2v) is 6.90. The molecule has 3 rings (SSSR count). The monoisotopic (exact) mass is 358 g/mol. The summed E-state index contributed by atoms with van der Waals surface area (Å²) in [5.74, 6) is 0.297. The minimum Gasteiger partial charge on any atom is -0.423 e. The van der Waals surface area contributed by atoms with Gasteiger partial charge in [0.2, 0.25) is 5.91 Å². The van der Waals surface area contributed by atoms with Crippen molar-refractivity contribution in [1.82, 2.24) is 15.2 Å². The number of carbonyl (C=O) groups excluding carboxylic acids is 1. The molecule has 0 unspecified atom stereocenters. The number of nitrogens with one attached hydrogen (secondary N) is 1. The minimum absolute atomic E-state index is 0.101. The molecule has 6 nitrogen and oxygen atoms in total. The molecule has 0 spiro atoms. The van der Waals surface area contributed by atoms with Crippen LogP contribution in [0.3, 0.4) is 0 Å². The van der Waals surface area contributed by atoms with Crippen LogP contribution >= 0.6 is 0 Å². The van der Waals surface area contributed by atoms with Crippen LogP contribution in [0, 0.1) is 5.92 Å². The van der Waals surface area contributed by atoms with E-state index in [-0.39, 0.29) is 11.8 Å². The van der Waals surface area contributed by atoms with Crippen molar-refractivity contribution in [1.29, 1.82) is 0 Å². The average Bonchev–Trinajstić information content (AvgIpc) is 3.12. The predicted molar refractivity (Wildman–Crippen MR) is 104 cm³/mol. The molecule has 0 atom stereocenters. The molecule has 1 aromatic heterocycles. The number of carbonyl (C=O) groups is 1. The summed E-state index contributed by atoms with van der Waals surface area (Å²) in [6.07, 6.45) is 2.70. The van der Waals surface area contributed by atoms with Crippen LogP contribution in [-0.4, -0.2) is 55.1 Å². The molecule has 0 radical (unpaired) electrons. The number of hydrogen-bond acceptors (Lipinski definition) is 5. The summed E-state index contributed by atoms with van der Waals surface area (Å²) in [4.78, 5) is 21.5. The van der Waals surface area contributed by atoms with Crippen molar-refractivity contribution in [3.05, 3.63) is 24.3 Å². The molecular weight excluding hydrogens is 328 g/mol. The van der Waals surface area contributed by atoms with Gasteiger partial charge in [-0.15, -0.1) is 0 Å². The van der Waals surface area contributed by atoms with Crippen LogP contribution in [-0.2, 0) is 4.79 Å². The number of nitrogens with zero attached hydrogens (tertiary/aromatic N) is 3. The second kappa shape index (κ2) is 9.03. The van der Waals surface area contributed by atoms with Crippen molar-refractivity contribution in [2.24, 2.45) is 5.92 Å². The van der Waals surface area contributed by atoms with E-state index in [0.29, 0.717) is 6.01 Å². The number of benzene rings is 1. The number of oxazole rings is 1. The molecule has 1 saturated heterocycles. The molecule has 1 aliphatic heterocycles. The Hall–Kier alpha value is -2.08. The third-order valence-corrected chi connectivity index (χ3v) is 5.26. The first-order chi connectivity index (χ1) is 12.7. The van der Waals surface area contributed by atoms with Crippen molar-refractivity contribution in [3.63, 3.8) is 0 Å². The zero-order chi connectivity index (χ0) is 18.4. The molecule has 0 aliphatic carbocycles. The van der Waals surface area contributed by atoms with Gasteiger partial charge in [-0.25, -0.2) is 0 Å². The second-order valence-electron chi connectivity index (χ2n) is 6.90. The number of aromatic nitrogens is 1. The molecule has 0 saturated carbocycles. The zero-order valence-corrected chi connectivity index (χ0v) is 15.9. The number of piperidine rings is 1. The van der Waals surface area contributed by atoms with Gasteiger partial charge in [-0.1, -0.05) is 26.0 Å². The largest absolute Gasteiger partial charge is 0.423 e. The van der Waals surface area contributed by atoms with Crippen molar-refractivity contribution in [2.45, 2.75) is 33.1 Å². The number of amides is 1. The molecule has 6 heteroatoms. The molecule has 2 heterocycles. The highest BCUT2D eigenvalue weighted by atomic mass is 16.4. The summed E-state index contributed by atoms with van der Waals surface area (Å²) < 4.78 is 5.84. The van der Waals surface area contributed by atoms with Crippen LogP contribution in [0.1, 0.15) is 33.1 Å². The van der Waals surface area contributed by atoms with Crippen LogP contribution < -0.4 is 10.2 Å². The first-order valence-electron chi connectivity index (χ1n) is 9.81. The van der Waals surface area contributed by atoms with E-state index >= 15 is 0 Å². The Bertz CT molecular complexity index is 670. The third kappa shape index (κ3) is 4.55. The lowest BCUT2D eigenvalue weighted by molar-refractivity contribution is -0.125. The highest BCUT2D eigenvalue weighted by molar-refractivity contribution is 5.79. The van der Waals surface area contributed by atoms with Gasteiger partial charge in [0.25, 0.3) is 6.01 Å². The Morgan fingerprint density at radius 1 is 1.27 bits per heavy atom. The lowest BCUT2D eigenvalue weighted by atomic mass is 9.96. The van der Waals surface area contributed by atoms with E-state index in [2.05, 4.69) is 33.9 Å². The minimum atomic E-state index is 0.101. The van der Waals surface area contributed by atoms with Crippen molar-refractivity contribution >= 4 is 23.0 Å². The summed E-state index contributed by atoms with van der Waals surface area (Å²) >= 11 is 0. The number of hydrogen-bond donors (Lipinski definition) is 1. The Balaban J connectivity index is 1.42. The van der Waals surface area contributed by atoms with Crippen LogP contribution in [0.4, 0.5) is 6.01 Å². The topological polar surface area (TPSA) is 61.6 Å². The lowest BCUT2D eigenvalue weighted by Crippen LogP contribution is -2.41. The standard InChI is InChI=1S/C20H30N4O2/c1-3-23(4-2)13-7-12-21-19(25)16-10-14-24(15-11-16)20-22-17-8-5-6-9-18(17)26-20/h5-6,8-9,16H,3-4,7,10-15H2,1-2H3,(H,21,25). The van der Waals surface area contributed by atoms with E-state index in [1.165, 1.54) is 0 Å². The summed E-state index contributed by atoms with van der Waals surface area (Å²) in [5, 5.41) is 3.11. The van der Waals surface area contributed by atoms with Crippen molar-refractivity contribution in [2.75, 3.05) is 44.2 Å². The molecule has 142 valence electrons. The van der Waals surface area contributed by atoms with Gasteiger partial charge in [0.05, 0.1) is 0 Å². The summed E-state index contributed by atoms with van der Waals surface area (Å²) in [6.45, 7) is 9.91. The highest BCUT2D eigenvalue weighted by Crippen LogP contribution is 2.26. The van der Waals surface area contributed by atoms with E-state index < -0.39 is 0 Å². The molecule has 2 aromatic rings. The van der Waals surface area contributed by atoms with Crippen LogP contribution in [0.15, 0.2) is 28.7 Å². The molecule has 1 aliphatic rings. The number of fused-ring (bicyclic) bond motifs is 1. The van der Waals surface area contributed by atoms with E-state index in [0.717, 1.165) is 69.6 Å². The first kappa shape index (κ1) is 18.7. The van der Waals surface area contributed by atoms with Gasteiger partial charge in [0.1, 0.15) is 5.52 Å². The van der Waals surface area contributed by atoms with Crippen LogP contribution in [0.5, 0.6) is 0 Å². The fraction of sp³-hybridized carbons (Fsp3) is 0.600. The summed E-state index contributed by atoms with van der Waals surface area (Å²) in [7, 11) is 0. The molecule has 1 fully saturated rings. The predicted octanol–water partition coefficient (Wildman–Crippen LogP) is 2.89. The summed E-state index contributed by atoms with van der Waals surface area (Å²) in [6, 6.07) is 8.48. The number of rotatable bonds is 8. The number of anilines is 1. The first-order valence-corrected chi connectivity index (χ1v) is 9.81. The average molecular weight is 358 g/mol. The third-order valence-electron chi connectivity index (χ3n) is 5.26. The highest BCUT2D eigenvalue weighted by Gasteiger charge is 2.26. The van der Waals surface area contributed by atoms with E-state index in [9.17, 15) is 4.79 Å². The van der Waals surface area contributed by atoms with Gasteiger partial charge in [0, 0.05) is 25.6 Å². The van der Waals surface area contributed by atoms with Gasteiger partial charge in [-0.3, -0.25) is 4.79 Å². The van der Waals surface area contributed by atoms with Crippen LogP contribution in [0.25, 0.3) is 11.1 Å². The molecule has 0 bridgehead atoms. The maximum atomic E-state index is 12.4. The number of para-hydroxylation sites is 2. The summed E-state index contributed by atoms with van der Waals surface area (Å²) in [5.41, 5.74) is 1.70.